The van der Waals surface area contributed by atoms with Gasteiger partial charge in [-0.2, -0.15) is 5.10 Å². The van der Waals surface area contributed by atoms with Gasteiger partial charge in [0.1, 0.15) is 22.1 Å². The van der Waals surface area contributed by atoms with E-state index in [0.717, 1.165) is 77.6 Å². The minimum absolute atomic E-state index is 0.527. The maximum atomic E-state index is 5.92. The molecule has 0 unspecified atom stereocenters. The van der Waals surface area contributed by atoms with Gasteiger partial charge in [-0.1, -0.05) is 37.8 Å². The van der Waals surface area contributed by atoms with Crippen LogP contribution < -0.4 is 10.1 Å². The third-order valence-electron chi connectivity index (χ3n) is 5.45. The Balaban J connectivity index is 1.83. The summed E-state index contributed by atoms with van der Waals surface area (Å²) < 4.78 is 8.27. The molecule has 9 heteroatoms. The van der Waals surface area contributed by atoms with E-state index in [9.17, 15) is 0 Å². The number of hydrogen-bond acceptors (Lipinski definition) is 6. The Bertz CT molecular complexity index is 1160. The second-order valence-electron chi connectivity index (χ2n) is 7.62. The Labute approximate surface area is 192 Å². The fourth-order valence-corrected chi connectivity index (χ4v) is 4.61. The SMILES string of the molecule is CCCc1nn(C)c2c(=S)nc(-c3cc(C(=S)N4CCNCC4)ccc3OCC)[nH]c12. The summed E-state index contributed by atoms with van der Waals surface area (Å²) in [6, 6.07) is 6.06. The maximum Gasteiger partial charge on any atom is 0.156 e. The second-order valence-corrected chi connectivity index (χ2v) is 8.39. The smallest absolute Gasteiger partial charge is 0.156 e. The topological polar surface area (TPSA) is 71.0 Å². The average Bonchev–Trinajstić information content (AvgIpc) is 3.10. The van der Waals surface area contributed by atoms with E-state index in [1.54, 1.807) is 0 Å². The number of rotatable bonds is 6. The molecular weight excluding hydrogens is 428 g/mol. The lowest BCUT2D eigenvalue weighted by Crippen LogP contribution is -2.46. The highest BCUT2D eigenvalue weighted by atomic mass is 32.1. The number of aromatic nitrogens is 4. The van der Waals surface area contributed by atoms with Crippen LogP contribution in [0.5, 0.6) is 5.75 Å². The van der Waals surface area contributed by atoms with Gasteiger partial charge in [0.15, 0.2) is 4.64 Å². The summed E-state index contributed by atoms with van der Waals surface area (Å²) in [5.74, 6) is 1.43. The molecule has 0 atom stereocenters. The number of thiocarbonyl (C=S) groups is 1. The van der Waals surface area contributed by atoms with Gasteiger partial charge in [0.05, 0.1) is 23.4 Å². The lowest BCUT2D eigenvalue weighted by Gasteiger charge is -2.30. The van der Waals surface area contributed by atoms with Gasteiger partial charge >= 0.3 is 0 Å². The molecule has 1 saturated heterocycles. The normalized spacial score (nSPS) is 14.2. The first-order chi connectivity index (χ1) is 15.0. The zero-order valence-electron chi connectivity index (χ0n) is 18.2. The first kappa shape index (κ1) is 21.9. The molecule has 1 aliphatic rings. The van der Waals surface area contributed by atoms with Crippen molar-refractivity contribution in [3.8, 4) is 17.1 Å². The fraction of sp³-hybridized carbons (Fsp3) is 0.455. The highest BCUT2D eigenvalue weighted by molar-refractivity contribution is 7.80. The molecule has 7 nitrogen and oxygen atoms in total. The number of H-pyrrole nitrogens is 1. The van der Waals surface area contributed by atoms with Gasteiger partial charge in [-0.25, -0.2) is 4.98 Å². The monoisotopic (exact) mass is 456 g/mol. The zero-order valence-corrected chi connectivity index (χ0v) is 19.8. The van der Waals surface area contributed by atoms with Crippen LogP contribution in [0.3, 0.4) is 0 Å². The van der Waals surface area contributed by atoms with Crippen LogP contribution in [-0.2, 0) is 13.5 Å². The number of hydrogen-bond donors (Lipinski definition) is 2. The Kier molecular flexibility index (Phi) is 6.64. The summed E-state index contributed by atoms with van der Waals surface area (Å²) in [4.78, 5) is 11.3. The van der Waals surface area contributed by atoms with E-state index in [2.05, 4.69) is 33.3 Å². The molecule has 3 heterocycles. The van der Waals surface area contributed by atoms with Crippen LogP contribution in [0.2, 0.25) is 0 Å². The summed E-state index contributed by atoms with van der Waals surface area (Å²) >= 11 is 11.5. The van der Waals surface area contributed by atoms with Gasteiger partial charge in [-0.15, -0.1) is 0 Å². The van der Waals surface area contributed by atoms with Crippen LogP contribution in [0, 0.1) is 4.64 Å². The standard InChI is InChI=1S/C22H28N6OS2/c1-4-6-16-18-19(27(3)26-16)21(30)25-20(24-18)15-13-14(7-8-17(15)29-5-2)22(31)28-11-9-23-10-12-28/h7-8,13,23H,4-6,9-12H2,1-3H3,(H,24,25,30). The summed E-state index contributed by atoms with van der Waals surface area (Å²) in [5, 5.41) is 8.02. The van der Waals surface area contributed by atoms with Crippen molar-refractivity contribution in [3.63, 3.8) is 0 Å². The van der Waals surface area contributed by atoms with Crippen molar-refractivity contribution in [3.05, 3.63) is 34.1 Å². The van der Waals surface area contributed by atoms with E-state index < -0.39 is 0 Å². The molecule has 4 rings (SSSR count). The van der Waals surface area contributed by atoms with E-state index in [0.29, 0.717) is 17.1 Å². The van der Waals surface area contributed by atoms with E-state index in [1.165, 1.54) is 0 Å². The van der Waals surface area contributed by atoms with Crippen molar-refractivity contribution >= 4 is 40.5 Å². The predicted octanol–water partition coefficient (Wildman–Crippen LogP) is 3.62. The number of ether oxygens (including phenoxy) is 1. The van der Waals surface area contributed by atoms with Crippen LogP contribution in [0.4, 0.5) is 0 Å². The largest absolute Gasteiger partial charge is 0.493 e. The van der Waals surface area contributed by atoms with Gasteiger partial charge < -0.3 is 19.9 Å². The molecule has 0 aliphatic carbocycles. The predicted molar refractivity (Wildman–Crippen MR) is 130 cm³/mol. The zero-order chi connectivity index (χ0) is 22.0. The van der Waals surface area contributed by atoms with Gasteiger partial charge in [0.2, 0.25) is 0 Å². The minimum Gasteiger partial charge on any atom is -0.493 e. The number of benzene rings is 1. The van der Waals surface area contributed by atoms with E-state index >= 15 is 0 Å². The van der Waals surface area contributed by atoms with Crippen molar-refractivity contribution in [2.75, 3.05) is 32.8 Å². The number of aromatic amines is 1. The van der Waals surface area contributed by atoms with Crippen LogP contribution in [0.25, 0.3) is 22.4 Å². The Hall–Kier alpha value is -2.36. The third-order valence-corrected chi connectivity index (χ3v) is 6.23. The molecule has 0 bridgehead atoms. The van der Waals surface area contributed by atoms with Gasteiger partial charge in [0, 0.05) is 38.8 Å². The molecule has 1 aliphatic heterocycles. The van der Waals surface area contributed by atoms with E-state index in [1.807, 2.05) is 30.8 Å². The Morgan fingerprint density at radius 1 is 1.23 bits per heavy atom. The van der Waals surface area contributed by atoms with Crippen molar-refractivity contribution in [1.82, 2.24) is 30.0 Å². The van der Waals surface area contributed by atoms with Crippen molar-refractivity contribution in [2.45, 2.75) is 26.7 Å². The maximum absolute atomic E-state index is 5.92. The molecular formula is C22H28N6OS2. The minimum atomic E-state index is 0.527. The summed E-state index contributed by atoms with van der Waals surface area (Å²) in [6.07, 6.45) is 1.88. The third kappa shape index (κ3) is 4.35. The second kappa shape index (κ2) is 9.42. The lowest BCUT2D eigenvalue weighted by molar-refractivity contribution is 0.341. The molecule has 31 heavy (non-hydrogen) atoms. The molecule has 0 saturated carbocycles. The van der Waals surface area contributed by atoms with Crippen molar-refractivity contribution in [1.29, 1.82) is 0 Å². The van der Waals surface area contributed by atoms with Gasteiger partial charge in [-0.3, -0.25) is 4.68 Å². The van der Waals surface area contributed by atoms with Crippen LogP contribution in [0.15, 0.2) is 18.2 Å². The highest BCUT2D eigenvalue weighted by Crippen LogP contribution is 2.31. The lowest BCUT2D eigenvalue weighted by atomic mass is 10.1. The average molecular weight is 457 g/mol. The van der Waals surface area contributed by atoms with E-state index in [4.69, 9.17) is 34.2 Å². The van der Waals surface area contributed by atoms with Gasteiger partial charge in [0.25, 0.3) is 0 Å². The summed E-state index contributed by atoms with van der Waals surface area (Å²) in [5.41, 5.74) is 4.64. The molecule has 0 radical (unpaired) electrons. The molecule has 2 N–H and O–H groups in total. The van der Waals surface area contributed by atoms with Gasteiger partial charge in [-0.05, 0) is 31.5 Å². The van der Waals surface area contributed by atoms with Crippen molar-refractivity contribution < 1.29 is 4.74 Å². The molecule has 2 aromatic heterocycles. The quantitative estimate of drug-likeness (QED) is 0.549. The highest BCUT2D eigenvalue weighted by Gasteiger charge is 2.19. The summed E-state index contributed by atoms with van der Waals surface area (Å²) in [6.45, 7) is 8.38. The van der Waals surface area contributed by atoms with Crippen LogP contribution in [0.1, 0.15) is 31.5 Å². The number of piperazine rings is 1. The van der Waals surface area contributed by atoms with Crippen LogP contribution >= 0.6 is 24.4 Å². The van der Waals surface area contributed by atoms with Crippen LogP contribution in [-0.4, -0.2) is 62.4 Å². The summed E-state index contributed by atoms with van der Waals surface area (Å²) in [7, 11) is 1.91. The molecule has 0 spiro atoms. The number of aryl methyl sites for hydroxylation is 2. The van der Waals surface area contributed by atoms with Crippen molar-refractivity contribution in [2.24, 2.45) is 7.05 Å². The first-order valence-electron chi connectivity index (χ1n) is 10.8. The molecule has 1 fully saturated rings. The number of nitrogens with zero attached hydrogens (tertiary/aromatic N) is 4. The number of nitrogens with one attached hydrogen (secondary N) is 2. The molecule has 0 amide bonds. The first-order valence-corrected chi connectivity index (χ1v) is 11.6. The molecule has 1 aromatic carbocycles. The Morgan fingerprint density at radius 2 is 2.00 bits per heavy atom. The Morgan fingerprint density at radius 3 is 2.71 bits per heavy atom. The molecule has 164 valence electrons. The van der Waals surface area contributed by atoms with E-state index in [-0.39, 0.29) is 0 Å². The fourth-order valence-electron chi connectivity index (χ4n) is 3.98. The molecule has 3 aromatic rings. The number of fused-ring (bicyclic) bond motifs is 1.